The van der Waals surface area contributed by atoms with Crippen LogP contribution in [-0.2, 0) is 9.53 Å². The van der Waals surface area contributed by atoms with E-state index in [9.17, 15) is 14.4 Å². The summed E-state index contributed by atoms with van der Waals surface area (Å²) < 4.78 is 11.5. The normalized spacial score (nSPS) is 17.2. The molecule has 1 atom stereocenters. The third kappa shape index (κ3) is 4.13. The molecule has 0 bridgehead atoms. The van der Waals surface area contributed by atoms with Gasteiger partial charge in [0, 0.05) is 18.2 Å². The molecule has 0 radical (unpaired) electrons. The number of carbonyl (C=O) groups excluding carboxylic acids is 3. The largest absolute Gasteiger partial charge is 0.472 e. The van der Waals surface area contributed by atoms with E-state index in [1.54, 1.807) is 24.3 Å². The number of benzene rings is 2. The van der Waals surface area contributed by atoms with Gasteiger partial charge in [0.25, 0.3) is 11.1 Å². The number of fused-ring (bicyclic) bond motifs is 1. The van der Waals surface area contributed by atoms with Gasteiger partial charge < -0.3 is 14.4 Å². The topological polar surface area (TPSA) is 76.2 Å². The van der Waals surface area contributed by atoms with Crippen LogP contribution in [0.3, 0.4) is 0 Å². The van der Waals surface area contributed by atoms with Gasteiger partial charge >= 0.3 is 0 Å². The summed E-state index contributed by atoms with van der Waals surface area (Å²) in [6.45, 7) is 0.318. The Hall–Kier alpha value is -2.26. The minimum absolute atomic E-state index is 0.0284. The van der Waals surface area contributed by atoms with Crippen LogP contribution in [-0.4, -0.2) is 52.5 Å². The van der Waals surface area contributed by atoms with Crippen molar-refractivity contribution in [2.24, 2.45) is 0 Å². The quantitative estimate of drug-likeness (QED) is 0.634. The first-order valence-electron chi connectivity index (χ1n) is 9.02. The van der Waals surface area contributed by atoms with Crippen molar-refractivity contribution in [3.63, 3.8) is 0 Å². The van der Waals surface area contributed by atoms with Gasteiger partial charge in [0.15, 0.2) is 13.0 Å². The molecule has 1 fully saturated rings. The Morgan fingerprint density at radius 3 is 2.53 bits per heavy atom. The van der Waals surface area contributed by atoms with E-state index in [0.29, 0.717) is 21.9 Å². The average molecular weight is 467 g/mol. The van der Waals surface area contributed by atoms with Crippen molar-refractivity contribution in [3.8, 4) is 5.75 Å². The highest BCUT2D eigenvalue weighted by atomic mass is 35.5. The number of nitrogens with zero attached hydrogens (tertiary/aromatic N) is 2. The zero-order chi connectivity index (χ0) is 21.3. The minimum atomic E-state index is -0.859. The van der Waals surface area contributed by atoms with Gasteiger partial charge in [-0.2, -0.15) is 0 Å². The van der Waals surface area contributed by atoms with E-state index in [0.717, 1.165) is 16.7 Å². The second-order valence-electron chi connectivity index (χ2n) is 6.56. The zero-order valence-corrected chi connectivity index (χ0v) is 17.9. The number of rotatable bonds is 6. The zero-order valence-electron chi connectivity index (χ0n) is 15.5. The maximum atomic E-state index is 12.8. The van der Waals surface area contributed by atoms with Gasteiger partial charge in [-0.05, 0) is 6.07 Å². The van der Waals surface area contributed by atoms with Crippen LogP contribution in [0, 0.1) is 0 Å². The van der Waals surface area contributed by atoms with Crippen LogP contribution in [0.25, 0.3) is 0 Å². The SMILES string of the molecule is O=C1c2cc(Cl)c(Cl)cc2OCN1CCOC(c1ccccc1)N1C(=O)CSC1=O. The number of hydrogen-bond acceptors (Lipinski definition) is 6. The highest BCUT2D eigenvalue weighted by Crippen LogP contribution is 2.34. The lowest BCUT2D eigenvalue weighted by Gasteiger charge is -2.30. The van der Waals surface area contributed by atoms with Crippen molar-refractivity contribution < 1.29 is 23.9 Å². The van der Waals surface area contributed by atoms with Crippen LogP contribution in [0.4, 0.5) is 4.79 Å². The number of ether oxygens (including phenoxy) is 2. The van der Waals surface area contributed by atoms with E-state index in [4.69, 9.17) is 32.7 Å². The van der Waals surface area contributed by atoms with Gasteiger partial charge in [0.2, 0.25) is 5.91 Å². The molecule has 2 heterocycles. The van der Waals surface area contributed by atoms with E-state index in [1.807, 2.05) is 6.07 Å². The molecule has 2 aliphatic heterocycles. The third-order valence-electron chi connectivity index (χ3n) is 4.66. The molecule has 2 aromatic carbocycles. The van der Waals surface area contributed by atoms with Crippen molar-refractivity contribution in [2.45, 2.75) is 6.23 Å². The van der Waals surface area contributed by atoms with Gasteiger partial charge in [0.1, 0.15) is 5.75 Å². The molecule has 10 heteroatoms. The molecule has 7 nitrogen and oxygen atoms in total. The third-order valence-corrected chi connectivity index (χ3v) is 6.21. The fraction of sp³-hybridized carbons (Fsp3) is 0.250. The molecule has 3 amide bonds. The Morgan fingerprint density at radius 2 is 1.83 bits per heavy atom. The lowest BCUT2D eigenvalue weighted by molar-refractivity contribution is -0.136. The summed E-state index contributed by atoms with van der Waals surface area (Å²) in [7, 11) is 0. The number of carbonyl (C=O) groups is 3. The van der Waals surface area contributed by atoms with E-state index in [1.165, 1.54) is 17.0 Å². The highest BCUT2D eigenvalue weighted by molar-refractivity contribution is 8.14. The Bertz CT molecular complexity index is 988. The summed E-state index contributed by atoms with van der Waals surface area (Å²) in [5, 5.41) is 0.216. The van der Waals surface area contributed by atoms with E-state index in [-0.39, 0.29) is 47.7 Å². The summed E-state index contributed by atoms with van der Waals surface area (Å²) >= 11 is 12.9. The molecule has 2 aromatic rings. The number of imide groups is 1. The lowest BCUT2D eigenvalue weighted by atomic mass is 10.1. The van der Waals surface area contributed by atoms with Crippen molar-refractivity contribution in [3.05, 3.63) is 63.6 Å². The van der Waals surface area contributed by atoms with Gasteiger partial charge in [-0.25, -0.2) is 4.90 Å². The first-order chi connectivity index (χ1) is 14.5. The van der Waals surface area contributed by atoms with Crippen LogP contribution in [0.1, 0.15) is 22.1 Å². The first kappa shape index (κ1) is 21.0. The van der Waals surface area contributed by atoms with Crippen molar-refractivity contribution >= 4 is 52.0 Å². The Labute approximate surface area is 186 Å². The maximum Gasteiger partial charge on any atom is 0.291 e. The second kappa shape index (κ2) is 8.85. The molecular weight excluding hydrogens is 451 g/mol. The van der Waals surface area contributed by atoms with Crippen LogP contribution in [0.15, 0.2) is 42.5 Å². The Morgan fingerprint density at radius 1 is 1.10 bits per heavy atom. The Kier molecular flexibility index (Phi) is 6.19. The standard InChI is InChI=1S/C20H16Cl2N2O5S/c21-14-8-13-16(9-15(14)22)29-11-23(18(13)26)6-7-28-19(12-4-2-1-3-5-12)24-17(25)10-30-20(24)27/h1-5,8-9,19H,6-7,10-11H2. The van der Waals surface area contributed by atoms with Gasteiger partial charge in [-0.15, -0.1) is 0 Å². The van der Waals surface area contributed by atoms with Crippen molar-refractivity contribution in [1.82, 2.24) is 9.80 Å². The number of hydrogen-bond donors (Lipinski definition) is 0. The van der Waals surface area contributed by atoms with Gasteiger partial charge in [-0.3, -0.25) is 14.4 Å². The highest BCUT2D eigenvalue weighted by Gasteiger charge is 2.37. The molecule has 1 unspecified atom stereocenters. The molecular formula is C20H16Cl2N2O5S. The van der Waals surface area contributed by atoms with Crippen LogP contribution >= 0.6 is 35.0 Å². The Balaban J connectivity index is 1.46. The molecule has 156 valence electrons. The van der Waals surface area contributed by atoms with Gasteiger partial charge in [-0.1, -0.05) is 65.3 Å². The second-order valence-corrected chi connectivity index (χ2v) is 8.30. The molecule has 1 saturated heterocycles. The fourth-order valence-corrected chi connectivity index (χ4v) is 4.20. The van der Waals surface area contributed by atoms with Crippen molar-refractivity contribution in [2.75, 3.05) is 25.6 Å². The molecule has 0 aromatic heterocycles. The fourth-order valence-electron chi connectivity index (χ4n) is 3.16. The minimum Gasteiger partial charge on any atom is -0.472 e. The van der Waals surface area contributed by atoms with E-state index < -0.39 is 6.23 Å². The lowest BCUT2D eigenvalue weighted by Crippen LogP contribution is -2.42. The first-order valence-corrected chi connectivity index (χ1v) is 10.8. The number of halogens is 2. The molecule has 4 rings (SSSR count). The predicted molar refractivity (Wildman–Crippen MR) is 113 cm³/mol. The average Bonchev–Trinajstić information content (AvgIpc) is 3.07. The maximum absolute atomic E-state index is 12.8. The van der Waals surface area contributed by atoms with E-state index >= 15 is 0 Å². The molecule has 0 N–H and O–H groups in total. The van der Waals surface area contributed by atoms with Crippen LogP contribution in [0.2, 0.25) is 10.0 Å². The monoisotopic (exact) mass is 466 g/mol. The molecule has 0 spiro atoms. The predicted octanol–water partition coefficient (Wildman–Crippen LogP) is 4.20. The van der Waals surface area contributed by atoms with Crippen LogP contribution in [0.5, 0.6) is 5.75 Å². The van der Waals surface area contributed by atoms with Gasteiger partial charge in [0.05, 0.1) is 28.0 Å². The van der Waals surface area contributed by atoms with Crippen LogP contribution < -0.4 is 4.74 Å². The summed E-state index contributed by atoms with van der Waals surface area (Å²) in [4.78, 5) is 39.7. The molecule has 0 aliphatic carbocycles. The molecule has 0 saturated carbocycles. The summed E-state index contributed by atoms with van der Waals surface area (Å²) in [6, 6.07) is 12.0. The number of thioether (sulfide) groups is 1. The van der Waals surface area contributed by atoms with Crippen molar-refractivity contribution in [1.29, 1.82) is 0 Å². The smallest absolute Gasteiger partial charge is 0.291 e. The van der Waals surface area contributed by atoms with E-state index in [2.05, 4.69) is 0 Å². The molecule has 30 heavy (non-hydrogen) atoms. The summed E-state index contributed by atoms with van der Waals surface area (Å²) in [5.74, 6) is -0.112. The summed E-state index contributed by atoms with van der Waals surface area (Å²) in [5.41, 5.74) is 0.992. The molecule has 2 aliphatic rings. The summed E-state index contributed by atoms with van der Waals surface area (Å²) in [6.07, 6.45) is -0.859. The number of amides is 3.